The SMILES string of the molecule is Cc1cnc(-c2cnc(I)s2)s1. The number of halogens is 1. The predicted octanol–water partition coefficient (Wildman–Crippen LogP) is 3.18. The van der Waals surface area contributed by atoms with E-state index >= 15 is 0 Å². The Morgan fingerprint density at radius 2 is 2.08 bits per heavy atom. The average molecular weight is 308 g/mol. The van der Waals surface area contributed by atoms with Crippen molar-refractivity contribution in [3.05, 3.63) is 20.3 Å². The molecule has 0 aliphatic heterocycles. The molecule has 0 aliphatic carbocycles. The Kier molecular flexibility index (Phi) is 2.42. The standard InChI is InChI=1S/C7H5IN2S2/c1-4-2-9-6(11-4)5-3-10-7(8)12-5/h2-3H,1H3. The van der Waals surface area contributed by atoms with Crippen molar-refractivity contribution in [1.29, 1.82) is 0 Å². The molecule has 0 saturated heterocycles. The first-order valence-corrected chi connectivity index (χ1v) is 6.01. The molecule has 0 saturated carbocycles. The number of aromatic nitrogens is 2. The second-order valence-electron chi connectivity index (χ2n) is 2.25. The third-order valence-electron chi connectivity index (χ3n) is 1.31. The van der Waals surface area contributed by atoms with Crippen molar-refractivity contribution in [1.82, 2.24) is 9.97 Å². The van der Waals surface area contributed by atoms with E-state index in [4.69, 9.17) is 0 Å². The summed E-state index contributed by atoms with van der Waals surface area (Å²) in [6.07, 6.45) is 3.78. The van der Waals surface area contributed by atoms with E-state index in [0.717, 1.165) is 12.9 Å². The van der Waals surface area contributed by atoms with E-state index in [2.05, 4.69) is 39.5 Å². The van der Waals surface area contributed by atoms with E-state index < -0.39 is 0 Å². The Morgan fingerprint density at radius 3 is 2.58 bits per heavy atom. The van der Waals surface area contributed by atoms with Crippen molar-refractivity contribution in [2.75, 3.05) is 0 Å². The first-order chi connectivity index (χ1) is 5.75. The minimum Gasteiger partial charge on any atom is -0.243 e. The number of hydrogen-bond acceptors (Lipinski definition) is 4. The molecule has 12 heavy (non-hydrogen) atoms. The lowest BCUT2D eigenvalue weighted by Gasteiger charge is -1.83. The summed E-state index contributed by atoms with van der Waals surface area (Å²) in [5, 5.41) is 1.08. The zero-order valence-electron chi connectivity index (χ0n) is 6.24. The molecule has 62 valence electrons. The van der Waals surface area contributed by atoms with Gasteiger partial charge in [0.2, 0.25) is 0 Å². The fourth-order valence-corrected chi connectivity index (χ4v) is 3.12. The molecule has 2 rings (SSSR count). The Labute approximate surface area is 91.8 Å². The van der Waals surface area contributed by atoms with Crippen LogP contribution < -0.4 is 0 Å². The van der Waals surface area contributed by atoms with E-state index in [0.29, 0.717) is 0 Å². The molecule has 0 radical (unpaired) electrons. The second-order valence-corrected chi connectivity index (χ2v) is 6.27. The Morgan fingerprint density at radius 1 is 1.25 bits per heavy atom. The van der Waals surface area contributed by atoms with Crippen LogP contribution in [0.2, 0.25) is 0 Å². The minimum atomic E-state index is 1.07. The minimum absolute atomic E-state index is 1.07. The summed E-state index contributed by atoms with van der Waals surface area (Å²) in [5.74, 6) is 0. The van der Waals surface area contributed by atoms with Crippen LogP contribution in [0.15, 0.2) is 12.4 Å². The first-order valence-electron chi connectivity index (χ1n) is 3.30. The van der Waals surface area contributed by atoms with E-state index in [-0.39, 0.29) is 0 Å². The quantitative estimate of drug-likeness (QED) is 0.756. The van der Waals surface area contributed by atoms with Gasteiger partial charge in [-0.2, -0.15) is 0 Å². The van der Waals surface area contributed by atoms with Crippen molar-refractivity contribution >= 4 is 45.3 Å². The Bertz CT molecular complexity index is 355. The molecule has 5 heteroatoms. The fourth-order valence-electron chi connectivity index (χ4n) is 0.820. The van der Waals surface area contributed by atoms with Crippen molar-refractivity contribution in [2.24, 2.45) is 0 Å². The normalized spacial score (nSPS) is 10.5. The molecule has 2 aromatic rings. The molecule has 2 heterocycles. The van der Waals surface area contributed by atoms with Crippen molar-refractivity contribution < 1.29 is 0 Å². The smallest absolute Gasteiger partial charge is 0.154 e. The van der Waals surface area contributed by atoms with Gasteiger partial charge in [-0.25, -0.2) is 9.97 Å². The summed E-state index contributed by atoms with van der Waals surface area (Å²) in [4.78, 5) is 10.9. The fraction of sp³-hybridized carbons (Fsp3) is 0.143. The topological polar surface area (TPSA) is 25.8 Å². The Balaban J connectivity index is 2.43. The molecular weight excluding hydrogens is 303 g/mol. The number of nitrogens with zero attached hydrogens (tertiary/aromatic N) is 2. The van der Waals surface area contributed by atoms with Crippen molar-refractivity contribution in [3.8, 4) is 9.88 Å². The molecular formula is C7H5IN2S2. The van der Waals surface area contributed by atoms with Gasteiger partial charge in [-0.1, -0.05) is 0 Å². The van der Waals surface area contributed by atoms with Crippen LogP contribution in [0.5, 0.6) is 0 Å². The van der Waals surface area contributed by atoms with Crippen LogP contribution in [-0.2, 0) is 0 Å². The lowest BCUT2D eigenvalue weighted by atomic mass is 10.6. The molecule has 0 atom stereocenters. The molecule has 0 bridgehead atoms. The summed E-state index contributed by atoms with van der Waals surface area (Å²) >= 11 is 5.61. The van der Waals surface area contributed by atoms with E-state index in [1.165, 1.54) is 4.88 Å². The lowest BCUT2D eigenvalue weighted by Crippen LogP contribution is -1.64. The molecule has 0 N–H and O–H groups in total. The van der Waals surface area contributed by atoms with Crippen LogP contribution >= 0.6 is 45.3 Å². The third-order valence-corrected chi connectivity index (χ3v) is 4.12. The van der Waals surface area contributed by atoms with Gasteiger partial charge in [-0.15, -0.1) is 22.7 Å². The zero-order valence-corrected chi connectivity index (χ0v) is 10.0. The van der Waals surface area contributed by atoms with Gasteiger partial charge in [0.25, 0.3) is 0 Å². The van der Waals surface area contributed by atoms with Crippen LogP contribution in [0, 0.1) is 9.94 Å². The van der Waals surface area contributed by atoms with Gasteiger partial charge in [-0.3, -0.25) is 0 Å². The Hall–Kier alpha value is -0.0100. The van der Waals surface area contributed by atoms with Crippen LogP contribution in [0.4, 0.5) is 0 Å². The summed E-state index contributed by atoms with van der Waals surface area (Å²) in [5.41, 5.74) is 0. The highest BCUT2D eigenvalue weighted by atomic mass is 127. The number of hydrogen-bond donors (Lipinski definition) is 0. The molecule has 0 fully saturated rings. The molecule has 0 spiro atoms. The summed E-state index contributed by atoms with van der Waals surface area (Å²) < 4.78 is 1.07. The average Bonchev–Trinajstić information content (AvgIpc) is 2.58. The highest BCUT2D eigenvalue weighted by Crippen LogP contribution is 2.29. The van der Waals surface area contributed by atoms with Gasteiger partial charge in [-0.05, 0) is 29.5 Å². The highest BCUT2D eigenvalue weighted by molar-refractivity contribution is 14.1. The number of thiazole rings is 2. The lowest BCUT2D eigenvalue weighted by molar-refractivity contribution is 1.36. The summed E-state index contributed by atoms with van der Waals surface area (Å²) in [6, 6.07) is 0. The van der Waals surface area contributed by atoms with E-state index in [1.54, 1.807) is 22.7 Å². The van der Waals surface area contributed by atoms with Crippen LogP contribution in [0.25, 0.3) is 9.88 Å². The van der Waals surface area contributed by atoms with Crippen LogP contribution in [0.3, 0.4) is 0 Å². The molecule has 2 aromatic heterocycles. The van der Waals surface area contributed by atoms with Gasteiger partial charge in [0, 0.05) is 17.3 Å². The predicted molar refractivity (Wildman–Crippen MR) is 60.7 cm³/mol. The number of rotatable bonds is 1. The zero-order chi connectivity index (χ0) is 8.55. The number of aryl methyl sites for hydroxylation is 1. The summed E-state index contributed by atoms with van der Waals surface area (Å²) in [6.45, 7) is 2.06. The summed E-state index contributed by atoms with van der Waals surface area (Å²) in [7, 11) is 0. The largest absolute Gasteiger partial charge is 0.243 e. The third kappa shape index (κ3) is 1.67. The van der Waals surface area contributed by atoms with Crippen molar-refractivity contribution in [3.63, 3.8) is 0 Å². The van der Waals surface area contributed by atoms with Gasteiger partial charge in [0.1, 0.15) is 5.01 Å². The maximum atomic E-state index is 4.28. The molecule has 2 nitrogen and oxygen atoms in total. The van der Waals surface area contributed by atoms with E-state index in [9.17, 15) is 0 Å². The van der Waals surface area contributed by atoms with Crippen LogP contribution in [-0.4, -0.2) is 9.97 Å². The first kappa shape index (κ1) is 8.58. The van der Waals surface area contributed by atoms with Crippen LogP contribution in [0.1, 0.15) is 4.88 Å². The maximum Gasteiger partial charge on any atom is 0.154 e. The second kappa shape index (κ2) is 3.39. The molecule has 0 amide bonds. The molecule has 0 aliphatic rings. The van der Waals surface area contributed by atoms with Gasteiger partial charge in [0.15, 0.2) is 3.01 Å². The molecule has 0 unspecified atom stereocenters. The monoisotopic (exact) mass is 308 g/mol. The maximum absolute atomic E-state index is 4.28. The van der Waals surface area contributed by atoms with Gasteiger partial charge < -0.3 is 0 Å². The molecule has 0 aromatic carbocycles. The van der Waals surface area contributed by atoms with Gasteiger partial charge >= 0.3 is 0 Å². The highest BCUT2D eigenvalue weighted by Gasteiger charge is 2.05. The van der Waals surface area contributed by atoms with Crippen molar-refractivity contribution in [2.45, 2.75) is 6.92 Å². The van der Waals surface area contributed by atoms with E-state index in [1.807, 2.05) is 12.4 Å². The van der Waals surface area contributed by atoms with Gasteiger partial charge in [0.05, 0.1) is 4.88 Å².